The van der Waals surface area contributed by atoms with Crippen LogP contribution in [-0.2, 0) is 4.79 Å². The van der Waals surface area contributed by atoms with E-state index in [1.807, 2.05) is 6.92 Å². The number of hydrogen-bond acceptors (Lipinski definition) is 3. The van der Waals surface area contributed by atoms with Gasteiger partial charge in [-0.3, -0.25) is 0 Å². The lowest BCUT2D eigenvalue weighted by Crippen LogP contribution is -2.50. The van der Waals surface area contributed by atoms with Crippen LogP contribution < -0.4 is 4.90 Å². The molecule has 0 aliphatic rings. The molecule has 0 atom stereocenters. The molecule has 0 spiro atoms. The summed E-state index contributed by atoms with van der Waals surface area (Å²) in [4.78, 5) is 13.0. The zero-order chi connectivity index (χ0) is 13.9. The summed E-state index contributed by atoms with van der Waals surface area (Å²) in [6, 6.07) is 7.31. The van der Waals surface area contributed by atoms with Gasteiger partial charge in [-0.25, -0.2) is 4.79 Å². The topological polar surface area (TPSA) is 64.3 Å². The molecule has 0 fully saturated rings. The Morgan fingerprint density at radius 1 is 1.56 bits per heavy atom. The van der Waals surface area contributed by atoms with E-state index in [0.29, 0.717) is 17.8 Å². The van der Waals surface area contributed by atoms with Gasteiger partial charge in [0.15, 0.2) is 0 Å². The first-order chi connectivity index (χ1) is 8.34. The number of halogens is 1. The van der Waals surface area contributed by atoms with Crippen LogP contribution in [0.1, 0.15) is 26.3 Å². The molecule has 0 saturated heterocycles. The van der Waals surface area contributed by atoms with Crippen LogP contribution in [0.2, 0.25) is 0 Å². The second-order valence-electron chi connectivity index (χ2n) is 4.38. The first-order valence-corrected chi connectivity index (χ1v) is 6.34. The molecule has 1 rings (SSSR count). The van der Waals surface area contributed by atoms with Gasteiger partial charge in [0.1, 0.15) is 11.6 Å². The fourth-order valence-corrected chi connectivity index (χ4v) is 2.15. The molecule has 18 heavy (non-hydrogen) atoms. The molecule has 0 aromatic heterocycles. The quantitative estimate of drug-likeness (QED) is 0.928. The van der Waals surface area contributed by atoms with Crippen LogP contribution in [0.15, 0.2) is 22.7 Å². The Kier molecular flexibility index (Phi) is 4.36. The zero-order valence-electron chi connectivity index (χ0n) is 10.6. The molecular formula is C13H15BrN2O2. The summed E-state index contributed by atoms with van der Waals surface area (Å²) >= 11 is 3.34. The SMILES string of the molecule is CCN(c1cc(Br)ccc1C#N)C(C)(C)C(=O)O. The Morgan fingerprint density at radius 2 is 2.17 bits per heavy atom. The average molecular weight is 311 g/mol. The summed E-state index contributed by atoms with van der Waals surface area (Å²) < 4.78 is 0.816. The second kappa shape index (κ2) is 5.40. The van der Waals surface area contributed by atoms with E-state index in [2.05, 4.69) is 22.0 Å². The van der Waals surface area contributed by atoms with E-state index in [4.69, 9.17) is 5.26 Å². The summed E-state index contributed by atoms with van der Waals surface area (Å²) in [7, 11) is 0. The number of aliphatic carboxylic acids is 1. The number of carboxylic acid groups (broad SMARTS) is 1. The van der Waals surface area contributed by atoms with E-state index < -0.39 is 11.5 Å². The summed E-state index contributed by atoms with van der Waals surface area (Å²) in [5.74, 6) is -0.923. The van der Waals surface area contributed by atoms with Gasteiger partial charge in [0.2, 0.25) is 0 Å². The van der Waals surface area contributed by atoms with Gasteiger partial charge in [-0.05, 0) is 39.0 Å². The number of rotatable bonds is 4. The first-order valence-electron chi connectivity index (χ1n) is 5.55. The smallest absolute Gasteiger partial charge is 0.328 e. The van der Waals surface area contributed by atoms with Crippen molar-refractivity contribution in [2.75, 3.05) is 11.4 Å². The number of nitrogens with zero attached hydrogens (tertiary/aromatic N) is 2. The van der Waals surface area contributed by atoms with Crippen LogP contribution in [0.4, 0.5) is 5.69 Å². The van der Waals surface area contributed by atoms with Crippen molar-refractivity contribution < 1.29 is 9.90 Å². The molecule has 0 heterocycles. The number of carboxylic acids is 1. The summed E-state index contributed by atoms with van der Waals surface area (Å²) in [5.41, 5.74) is 0.0253. The van der Waals surface area contributed by atoms with Crippen molar-refractivity contribution in [2.24, 2.45) is 0 Å². The van der Waals surface area contributed by atoms with Gasteiger partial charge in [0.25, 0.3) is 0 Å². The molecule has 96 valence electrons. The van der Waals surface area contributed by atoms with Gasteiger partial charge in [0.05, 0.1) is 11.3 Å². The normalized spacial score (nSPS) is 10.8. The first kappa shape index (κ1) is 14.5. The number of benzene rings is 1. The average Bonchev–Trinajstić information content (AvgIpc) is 2.29. The Balaban J connectivity index is 3.38. The number of carbonyl (C=O) groups is 1. The molecule has 0 amide bonds. The number of hydrogen-bond donors (Lipinski definition) is 1. The van der Waals surface area contributed by atoms with E-state index in [0.717, 1.165) is 4.47 Å². The van der Waals surface area contributed by atoms with E-state index in [-0.39, 0.29) is 0 Å². The van der Waals surface area contributed by atoms with Gasteiger partial charge in [-0.2, -0.15) is 5.26 Å². The van der Waals surface area contributed by atoms with E-state index in [9.17, 15) is 9.90 Å². The minimum atomic E-state index is -1.07. The van der Waals surface area contributed by atoms with Crippen molar-refractivity contribution in [1.29, 1.82) is 5.26 Å². The minimum Gasteiger partial charge on any atom is -0.480 e. The summed E-state index contributed by atoms with van der Waals surface area (Å²) in [6.45, 7) is 5.62. The Bertz CT molecular complexity index is 506. The van der Waals surface area contributed by atoms with E-state index in [1.165, 1.54) is 0 Å². The fourth-order valence-electron chi connectivity index (χ4n) is 1.80. The maximum Gasteiger partial charge on any atom is 0.328 e. The predicted molar refractivity (Wildman–Crippen MR) is 73.6 cm³/mol. The molecule has 0 radical (unpaired) electrons. The van der Waals surface area contributed by atoms with Crippen molar-refractivity contribution >= 4 is 27.6 Å². The van der Waals surface area contributed by atoms with Crippen LogP contribution in [0.5, 0.6) is 0 Å². The number of likely N-dealkylation sites (N-methyl/N-ethyl adjacent to an activating group) is 1. The Hall–Kier alpha value is -1.54. The van der Waals surface area contributed by atoms with Crippen LogP contribution in [0.25, 0.3) is 0 Å². The fraction of sp³-hybridized carbons (Fsp3) is 0.385. The monoisotopic (exact) mass is 310 g/mol. The van der Waals surface area contributed by atoms with Gasteiger partial charge < -0.3 is 10.0 Å². The Labute approximate surface area is 115 Å². The standard InChI is InChI=1S/C13H15BrN2O2/c1-4-16(13(2,3)12(17)18)11-7-10(14)6-5-9(11)8-15/h5-7H,4H2,1-3H3,(H,17,18). The Morgan fingerprint density at radius 3 is 2.61 bits per heavy atom. The molecule has 5 heteroatoms. The molecule has 1 aromatic carbocycles. The van der Waals surface area contributed by atoms with Crippen molar-refractivity contribution in [3.8, 4) is 6.07 Å². The largest absolute Gasteiger partial charge is 0.480 e. The van der Waals surface area contributed by atoms with E-state index in [1.54, 1.807) is 36.9 Å². The highest BCUT2D eigenvalue weighted by Crippen LogP contribution is 2.30. The maximum absolute atomic E-state index is 11.3. The summed E-state index contributed by atoms with van der Waals surface area (Å²) in [5, 5.41) is 18.4. The summed E-state index contributed by atoms with van der Waals surface area (Å²) in [6.07, 6.45) is 0. The third-order valence-corrected chi connectivity index (χ3v) is 3.38. The highest BCUT2D eigenvalue weighted by Gasteiger charge is 2.34. The molecule has 0 aliphatic heterocycles. The van der Waals surface area contributed by atoms with Crippen LogP contribution in [-0.4, -0.2) is 23.2 Å². The van der Waals surface area contributed by atoms with Crippen molar-refractivity contribution in [3.63, 3.8) is 0 Å². The highest BCUT2D eigenvalue weighted by molar-refractivity contribution is 9.10. The van der Waals surface area contributed by atoms with Crippen molar-refractivity contribution in [2.45, 2.75) is 26.3 Å². The van der Waals surface area contributed by atoms with Crippen LogP contribution in [0.3, 0.4) is 0 Å². The molecule has 0 unspecified atom stereocenters. The molecule has 0 saturated carbocycles. The molecule has 4 nitrogen and oxygen atoms in total. The highest BCUT2D eigenvalue weighted by atomic mass is 79.9. The van der Waals surface area contributed by atoms with Crippen molar-refractivity contribution in [1.82, 2.24) is 0 Å². The third kappa shape index (κ3) is 2.65. The van der Waals surface area contributed by atoms with Gasteiger partial charge in [0, 0.05) is 11.0 Å². The maximum atomic E-state index is 11.3. The third-order valence-electron chi connectivity index (χ3n) is 2.89. The molecular weight excluding hydrogens is 296 g/mol. The van der Waals surface area contributed by atoms with E-state index >= 15 is 0 Å². The van der Waals surface area contributed by atoms with Gasteiger partial charge >= 0.3 is 5.97 Å². The molecule has 0 aliphatic carbocycles. The second-order valence-corrected chi connectivity index (χ2v) is 5.30. The minimum absolute atomic E-state index is 0.467. The van der Waals surface area contributed by atoms with Gasteiger partial charge in [-0.1, -0.05) is 15.9 Å². The predicted octanol–water partition coefficient (Wildman–Crippen LogP) is 3.01. The van der Waals surface area contributed by atoms with Crippen molar-refractivity contribution in [3.05, 3.63) is 28.2 Å². The van der Waals surface area contributed by atoms with Gasteiger partial charge in [-0.15, -0.1) is 0 Å². The van der Waals surface area contributed by atoms with Crippen LogP contribution >= 0.6 is 15.9 Å². The zero-order valence-corrected chi connectivity index (χ0v) is 12.2. The number of anilines is 1. The lowest BCUT2D eigenvalue weighted by atomic mass is 10.0. The molecule has 1 aromatic rings. The molecule has 0 bridgehead atoms. The molecule has 1 N–H and O–H groups in total. The number of nitriles is 1. The van der Waals surface area contributed by atoms with Crippen LogP contribution in [0, 0.1) is 11.3 Å². The lowest BCUT2D eigenvalue weighted by molar-refractivity contribution is -0.142. The lowest BCUT2D eigenvalue weighted by Gasteiger charge is -2.36.